The number of aromatic nitrogens is 1. The van der Waals surface area contributed by atoms with E-state index in [2.05, 4.69) is 41.7 Å². The van der Waals surface area contributed by atoms with Crippen molar-refractivity contribution in [2.24, 2.45) is 0 Å². The molecular formula is C31H32N4O4. The lowest BCUT2D eigenvalue weighted by Crippen LogP contribution is -2.49. The van der Waals surface area contributed by atoms with Gasteiger partial charge in [0, 0.05) is 79.0 Å². The van der Waals surface area contributed by atoms with Crippen LogP contribution in [0.15, 0.2) is 66.9 Å². The number of aromatic amines is 1. The molecule has 1 aromatic heterocycles. The van der Waals surface area contributed by atoms with Crippen molar-refractivity contribution in [3.8, 4) is 11.5 Å². The molecule has 0 saturated carbocycles. The maximum absolute atomic E-state index is 13.8. The van der Waals surface area contributed by atoms with Gasteiger partial charge < -0.3 is 29.5 Å². The number of H-pyrrole nitrogens is 1. The Bertz CT molecular complexity index is 1520. The number of nitrogens with one attached hydrogen (secondary N) is 1. The van der Waals surface area contributed by atoms with E-state index in [0.29, 0.717) is 29.9 Å². The number of ether oxygens (including phenoxy) is 2. The predicted molar refractivity (Wildman–Crippen MR) is 152 cm³/mol. The van der Waals surface area contributed by atoms with Gasteiger partial charge in [0.2, 0.25) is 18.4 Å². The van der Waals surface area contributed by atoms with Gasteiger partial charge in [0.1, 0.15) is 6.72 Å². The smallest absolute Gasteiger partial charge is 0.231 e. The number of benzene rings is 3. The summed E-state index contributed by atoms with van der Waals surface area (Å²) in [5.74, 6) is 1.38. The van der Waals surface area contributed by atoms with Crippen molar-refractivity contribution in [3.63, 3.8) is 0 Å². The molecule has 6 rings (SSSR count). The van der Waals surface area contributed by atoms with Crippen LogP contribution >= 0.6 is 0 Å². The first-order chi connectivity index (χ1) is 19.0. The van der Waals surface area contributed by atoms with Crippen LogP contribution in [0.25, 0.3) is 10.9 Å². The second kappa shape index (κ2) is 10.4. The van der Waals surface area contributed by atoms with E-state index in [1.54, 1.807) is 12.1 Å². The molecule has 1 unspecified atom stereocenters. The molecule has 0 aliphatic carbocycles. The third-order valence-electron chi connectivity index (χ3n) is 7.91. The Morgan fingerprint density at radius 1 is 1.03 bits per heavy atom. The zero-order valence-corrected chi connectivity index (χ0v) is 22.1. The summed E-state index contributed by atoms with van der Waals surface area (Å²) < 4.78 is 12.2. The van der Waals surface area contributed by atoms with Crippen LogP contribution in [0.3, 0.4) is 0 Å². The second-order valence-corrected chi connectivity index (χ2v) is 10.0. The van der Waals surface area contributed by atoms with E-state index in [-0.39, 0.29) is 18.6 Å². The average molecular weight is 525 g/mol. The van der Waals surface area contributed by atoms with Crippen LogP contribution in [0, 0.1) is 5.21 Å². The summed E-state index contributed by atoms with van der Waals surface area (Å²) >= 11 is 0. The summed E-state index contributed by atoms with van der Waals surface area (Å²) in [6.45, 7) is 8.46. The Hall–Kier alpha value is -4.46. The third kappa shape index (κ3) is 4.67. The summed E-state index contributed by atoms with van der Waals surface area (Å²) in [6, 6.07) is 19.7. The number of aryl methyl sites for hydroxylation is 1. The van der Waals surface area contributed by atoms with E-state index < -0.39 is 0 Å². The lowest BCUT2D eigenvalue weighted by atomic mass is 9.86. The Morgan fingerprint density at radius 2 is 1.79 bits per heavy atom. The molecule has 2 aliphatic rings. The van der Waals surface area contributed by atoms with Gasteiger partial charge in [0.05, 0.1) is 0 Å². The number of carbonyl (C=O) groups is 1. The fourth-order valence-corrected chi connectivity index (χ4v) is 5.78. The molecule has 1 amide bonds. The lowest BCUT2D eigenvalue weighted by molar-refractivity contribution is -0.349. The second-order valence-electron chi connectivity index (χ2n) is 10.0. The quantitative estimate of drug-likeness (QED) is 0.156. The highest BCUT2D eigenvalue weighted by molar-refractivity contribution is 5.88. The Balaban J connectivity index is 1.25. The number of anilines is 1. The van der Waals surface area contributed by atoms with Gasteiger partial charge in [-0.1, -0.05) is 37.3 Å². The van der Waals surface area contributed by atoms with Gasteiger partial charge in [-0.3, -0.25) is 4.79 Å². The van der Waals surface area contributed by atoms with Crippen LogP contribution in [0.2, 0.25) is 0 Å². The number of carbonyl (C=O) groups excluding carboxylic acids is 1. The molecule has 8 heteroatoms. The predicted octanol–water partition coefficient (Wildman–Crippen LogP) is 5.17. The summed E-state index contributed by atoms with van der Waals surface area (Å²) in [5, 5.41) is 12.6. The van der Waals surface area contributed by atoms with Gasteiger partial charge in [-0.25, -0.2) is 0 Å². The van der Waals surface area contributed by atoms with Crippen molar-refractivity contribution in [3.05, 3.63) is 88.8 Å². The van der Waals surface area contributed by atoms with E-state index >= 15 is 0 Å². The van der Waals surface area contributed by atoms with Gasteiger partial charge >= 0.3 is 0 Å². The summed E-state index contributed by atoms with van der Waals surface area (Å²) in [4.78, 5) is 21.5. The van der Waals surface area contributed by atoms with Crippen molar-refractivity contribution in [2.45, 2.75) is 25.7 Å². The molecule has 3 heterocycles. The monoisotopic (exact) mass is 524 g/mol. The zero-order valence-electron chi connectivity index (χ0n) is 22.1. The molecule has 2 aliphatic heterocycles. The summed E-state index contributed by atoms with van der Waals surface area (Å²) in [7, 11) is 0. The van der Waals surface area contributed by atoms with Gasteiger partial charge in [0.15, 0.2) is 11.5 Å². The number of rotatable bonds is 7. The number of piperazine rings is 1. The minimum atomic E-state index is -0.182. The number of hydrogen-bond acceptors (Lipinski definition) is 5. The van der Waals surface area contributed by atoms with Gasteiger partial charge in [-0.2, -0.15) is 4.74 Å². The van der Waals surface area contributed by atoms with Crippen LogP contribution in [0.4, 0.5) is 11.4 Å². The highest BCUT2D eigenvalue weighted by Crippen LogP contribution is 2.44. The van der Waals surface area contributed by atoms with Crippen LogP contribution in [0.5, 0.6) is 11.5 Å². The molecule has 4 aromatic rings. The molecule has 200 valence electrons. The normalized spacial score (nSPS) is 15.5. The van der Waals surface area contributed by atoms with E-state index in [1.807, 2.05) is 41.4 Å². The summed E-state index contributed by atoms with van der Waals surface area (Å²) in [5.41, 5.74) is 5.99. The Morgan fingerprint density at radius 3 is 2.54 bits per heavy atom. The fourth-order valence-electron chi connectivity index (χ4n) is 5.78. The Kier molecular flexibility index (Phi) is 6.60. The maximum Gasteiger partial charge on any atom is 0.231 e. The molecule has 8 nitrogen and oxygen atoms in total. The lowest BCUT2D eigenvalue weighted by Gasteiger charge is -2.36. The van der Waals surface area contributed by atoms with Crippen LogP contribution in [0.1, 0.15) is 36.0 Å². The standard InChI is InChI=1S/C31H32N4O4/c1-3-21-6-4-7-24-27(19-32-30(21)24)26(25-8-5-9-28-31(25)39-20-38-28)18-29(36)35-16-14-34(15-17-35)23-12-10-22(11-13-23)33(2)37/h4-13,19,26,32H,2-3,14-18,20H2,1H3. The zero-order chi connectivity index (χ0) is 26.9. The van der Waals surface area contributed by atoms with E-state index in [9.17, 15) is 10.0 Å². The van der Waals surface area contributed by atoms with Crippen LogP contribution < -0.4 is 14.4 Å². The molecular weight excluding hydrogens is 492 g/mol. The number of amides is 1. The molecule has 1 atom stereocenters. The SMILES string of the molecule is C=[N+]([O-])c1ccc(N2CCN(C(=O)CC(c3cccc4c3OCO4)c3c[nH]c4c(CC)cccc34)CC2)cc1. The molecule has 1 fully saturated rings. The highest BCUT2D eigenvalue weighted by Gasteiger charge is 2.31. The Labute approximate surface area is 227 Å². The minimum absolute atomic E-state index is 0.117. The van der Waals surface area contributed by atoms with Gasteiger partial charge in [0.25, 0.3) is 0 Å². The van der Waals surface area contributed by atoms with Crippen molar-refractivity contribution in [1.29, 1.82) is 0 Å². The van der Waals surface area contributed by atoms with Gasteiger partial charge in [-0.15, -0.1) is 0 Å². The van der Waals surface area contributed by atoms with E-state index in [1.165, 1.54) is 5.56 Å². The molecule has 0 bridgehead atoms. The maximum atomic E-state index is 13.8. The molecule has 1 N–H and O–H groups in total. The number of para-hydroxylation sites is 2. The van der Waals surface area contributed by atoms with Crippen molar-refractivity contribution < 1.29 is 19.0 Å². The van der Waals surface area contributed by atoms with Crippen molar-refractivity contribution >= 4 is 34.9 Å². The molecule has 0 spiro atoms. The average Bonchev–Trinajstić information content (AvgIpc) is 3.63. The summed E-state index contributed by atoms with van der Waals surface area (Å²) in [6.07, 6.45) is 3.31. The first-order valence-corrected chi connectivity index (χ1v) is 13.4. The first kappa shape index (κ1) is 24.9. The van der Waals surface area contributed by atoms with Gasteiger partial charge in [-0.05, 0) is 35.7 Å². The fraction of sp³-hybridized carbons (Fsp3) is 0.290. The molecule has 3 aromatic carbocycles. The van der Waals surface area contributed by atoms with Crippen molar-refractivity contribution in [2.75, 3.05) is 37.9 Å². The van der Waals surface area contributed by atoms with E-state index in [0.717, 1.165) is 58.7 Å². The molecule has 1 saturated heterocycles. The number of nitrogens with zero attached hydrogens (tertiary/aromatic N) is 3. The van der Waals surface area contributed by atoms with Crippen molar-refractivity contribution in [1.82, 2.24) is 9.88 Å². The molecule has 39 heavy (non-hydrogen) atoms. The highest BCUT2D eigenvalue weighted by atomic mass is 16.7. The largest absolute Gasteiger partial charge is 0.619 e. The topological polar surface area (TPSA) is 83.9 Å². The number of hydrogen-bond donors (Lipinski definition) is 1. The van der Waals surface area contributed by atoms with Crippen LogP contribution in [-0.4, -0.2) is 60.2 Å². The first-order valence-electron chi connectivity index (χ1n) is 13.4. The van der Waals surface area contributed by atoms with Crippen LogP contribution in [-0.2, 0) is 11.2 Å². The molecule has 0 radical (unpaired) electrons. The minimum Gasteiger partial charge on any atom is -0.619 e. The van der Waals surface area contributed by atoms with E-state index in [4.69, 9.17) is 9.47 Å². The third-order valence-corrected chi connectivity index (χ3v) is 7.91. The number of fused-ring (bicyclic) bond motifs is 2.